The number of nitrogen functional groups attached to an aromatic ring is 1. The minimum atomic E-state index is -4.75. The van der Waals surface area contributed by atoms with Gasteiger partial charge in [0.05, 0.1) is 12.8 Å². The molecular weight excluding hydrogens is 584 g/mol. The number of halogens is 5. The molecule has 1 fully saturated rings. The number of ether oxygens (including phenoxy) is 1. The minimum Gasteiger partial charge on any atom is -0.416 e. The molecule has 0 amide bonds. The molecule has 1 saturated heterocycles. The van der Waals surface area contributed by atoms with E-state index in [1.807, 2.05) is 0 Å². The van der Waals surface area contributed by atoms with Crippen LogP contribution >= 0.6 is 6.72 Å². The maximum atomic E-state index is 15.4. The van der Waals surface area contributed by atoms with Crippen molar-refractivity contribution in [3.63, 3.8) is 0 Å². The molecule has 0 radical (unpaired) electrons. The second kappa shape index (κ2) is 11.1. The van der Waals surface area contributed by atoms with Crippen LogP contribution in [0, 0.1) is 19.7 Å². The Labute approximate surface area is 229 Å². The van der Waals surface area contributed by atoms with E-state index < -0.39 is 60.9 Å². The van der Waals surface area contributed by atoms with E-state index in [-0.39, 0.29) is 16.1 Å². The van der Waals surface area contributed by atoms with E-state index in [0.29, 0.717) is 6.20 Å². The van der Waals surface area contributed by atoms with E-state index in [2.05, 4.69) is 4.98 Å². The number of hydrogen-bond acceptors (Lipinski definition) is 9. The number of alkyl halides is 4. The monoisotopic (exact) mass is 607 g/mol. The fourth-order valence-electron chi connectivity index (χ4n) is 3.73. The SMILES string of the molecule is Cc1ccc(OP(=S)(OC[C@@]2(C(F)F)O[C@@H](n3cc(F)c(N)nc3=O)[C@H](O)C2(F)F)Oc2ccc(C)cc2)cc1. The zero-order chi connectivity index (χ0) is 29.5. The molecule has 1 aliphatic rings. The number of aryl methyl sites for hydroxylation is 2. The van der Waals surface area contributed by atoms with Crippen molar-refractivity contribution in [3.8, 4) is 11.5 Å². The number of aliphatic hydroxyl groups excluding tert-OH is 1. The highest BCUT2D eigenvalue weighted by Crippen LogP contribution is 2.56. The maximum absolute atomic E-state index is 15.4. The molecule has 0 unspecified atom stereocenters. The Morgan fingerprint density at radius 2 is 1.60 bits per heavy atom. The zero-order valence-corrected chi connectivity index (χ0v) is 22.6. The molecule has 3 aromatic rings. The topological polar surface area (TPSA) is 118 Å². The minimum absolute atomic E-state index is 0.0933. The number of nitrogens with two attached hydrogens (primary N) is 1. The number of rotatable bonds is 9. The van der Waals surface area contributed by atoms with Gasteiger partial charge in [-0.3, -0.25) is 9.09 Å². The van der Waals surface area contributed by atoms with Crippen molar-refractivity contribution in [3.05, 3.63) is 82.2 Å². The van der Waals surface area contributed by atoms with Gasteiger partial charge in [-0.15, -0.1) is 0 Å². The lowest BCUT2D eigenvalue weighted by molar-refractivity contribution is -0.242. The molecule has 16 heteroatoms. The highest BCUT2D eigenvalue weighted by atomic mass is 32.5. The molecule has 1 aliphatic heterocycles. The quantitative estimate of drug-likeness (QED) is 0.268. The summed E-state index contributed by atoms with van der Waals surface area (Å²) in [6, 6.07) is 12.5. The summed E-state index contributed by atoms with van der Waals surface area (Å²) in [5, 5.41) is 10.3. The number of aliphatic hydroxyl groups is 1. The van der Waals surface area contributed by atoms with Crippen molar-refractivity contribution in [2.75, 3.05) is 12.3 Å². The third-order valence-electron chi connectivity index (χ3n) is 6.01. The highest BCUT2D eigenvalue weighted by molar-refractivity contribution is 8.07. The van der Waals surface area contributed by atoms with Gasteiger partial charge >= 0.3 is 18.3 Å². The van der Waals surface area contributed by atoms with Gasteiger partial charge in [0.2, 0.25) is 5.60 Å². The molecule has 3 N–H and O–H groups in total. The molecule has 2 aromatic carbocycles. The summed E-state index contributed by atoms with van der Waals surface area (Å²) in [4.78, 5) is 15.3. The van der Waals surface area contributed by atoms with Crippen LogP contribution in [0.1, 0.15) is 17.4 Å². The van der Waals surface area contributed by atoms with Gasteiger partial charge in [0.25, 0.3) is 6.43 Å². The third kappa shape index (κ3) is 5.70. The standard InChI is InChI=1S/C24H23F5N3O6PS/c1-13-3-7-15(8-4-13)37-39(40,38-16-9-5-14(2)6-10-16)35-12-23(21(26)27)24(28,29)18(33)20(36-23)32-11-17(25)19(30)31-22(32)34/h3-11,18,20-21,33H,12H2,1-2H3,(H2,30,31,34)/t18-,20+,23-/m0/s1. The Hall–Kier alpha value is -3.10. The Morgan fingerprint density at radius 1 is 1.10 bits per heavy atom. The van der Waals surface area contributed by atoms with Crippen LogP contribution in [0.5, 0.6) is 11.5 Å². The van der Waals surface area contributed by atoms with Gasteiger partial charge < -0.3 is 24.6 Å². The first-order valence-electron chi connectivity index (χ1n) is 11.5. The average Bonchev–Trinajstić information content (AvgIpc) is 3.09. The van der Waals surface area contributed by atoms with E-state index in [1.165, 1.54) is 24.3 Å². The van der Waals surface area contributed by atoms with Crippen LogP contribution in [-0.2, 0) is 21.1 Å². The van der Waals surface area contributed by atoms with E-state index in [4.69, 9.17) is 35.8 Å². The van der Waals surface area contributed by atoms with Gasteiger partial charge in [0.15, 0.2) is 24.0 Å². The lowest BCUT2D eigenvalue weighted by Crippen LogP contribution is -2.57. The van der Waals surface area contributed by atoms with Crippen LogP contribution in [0.2, 0.25) is 0 Å². The predicted octanol–water partition coefficient (Wildman–Crippen LogP) is 4.51. The van der Waals surface area contributed by atoms with Gasteiger partial charge in [0, 0.05) is 11.8 Å². The van der Waals surface area contributed by atoms with Crippen molar-refractivity contribution in [2.45, 2.75) is 44.1 Å². The second-order valence-corrected chi connectivity index (χ2v) is 11.8. The van der Waals surface area contributed by atoms with Crippen LogP contribution < -0.4 is 20.5 Å². The van der Waals surface area contributed by atoms with E-state index in [0.717, 1.165) is 11.1 Å². The molecule has 3 atom stereocenters. The van der Waals surface area contributed by atoms with E-state index in [1.54, 1.807) is 38.1 Å². The van der Waals surface area contributed by atoms with Crippen LogP contribution in [0.4, 0.5) is 27.8 Å². The zero-order valence-electron chi connectivity index (χ0n) is 20.8. The summed E-state index contributed by atoms with van der Waals surface area (Å²) in [7, 11) is 0. The summed E-state index contributed by atoms with van der Waals surface area (Å²) in [6.07, 6.45) is -9.24. The molecule has 40 heavy (non-hydrogen) atoms. The van der Waals surface area contributed by atoms with E-state index in [9.17, 15) is 23.1 Å². The Kier molecular flexibility index (Phi) is 8.25. The highest BCUT2D eigenvalue weighted by Gasteiger charge is 2.74. The first-order chi connectivity index (χ1) is 18.7. The lowest BCUT2D eigenvalue weighted by atomic mass is 9.95. The summed E-state index contributed by atoms with van der Waals surface area (Å²) in [5.74, 6) is -6.76. The molecule has 9 nitrogen and oxygen atoms in total. The number of benzene rings is 2. The van der Waals surface area contributed by atoms with E-state index >= 15 is 8.78 Å². The van der Waals surface area contributed by atoms with Crippen LogP contribution in [0.3, 0.4) is 0 Å². The first-order valence-corrected chi connectivity index (χ1v) is 14.1. The maximum Gasteiger partial charge on any atom is 0.435 e. The Balaban J connectivity index is 1.69. The van der Waals surface area contributed by atoms with Crippen LogP contribution in [-0.4, -0.2) is 45.3 Å². The van der Waals surface area contributed by atoms with Gasteiger partial charge in [-0.25, -0.2) is 18.0 Å². The largest absolute Gasteiger partial charge is 0.435 e. The van der Waals surface area contributed by atoms with Crippen molar-refractivity contribution >= 4 is 24.3 Å². The molecule has 0 spiro atoms. The molecule has 4 rings (SSSR count). The predicted molar refractivity (Wildman–Crippen MR) is 137 cm³/mol. The molecule has 0 bridgehead atoms. The summed E-state index contributed by atoms with van der Waals surface area (Å²) in [5.41, 5.74) is 1.59. The molecule has 2 heterocycles. The molecule has 216 valence electrons. The fraction of sp³-hybridized carbons (Fsp3) is 0.333. The lowest BCUT2D eigenvalue weighted by Gasteiger charge is -2.34. The second-order valence-electron chi connectivity index (χ2n) is 8.96. The molecule has 0 aliphatic carbocycles. The Bertz CT molecular complexity index is 1430. The molecular formula is C24H23F5N3O6PS. The summed E-state index contributed by atoms with van der Waals surface area (Å²) < 4.78 is 95.3. The third-order valence-corrected chi connectivity index (χ3v) is 8.09. The average molecular weight is 607 g/mol. The first kappa shape index (κ1) is 29.9. The van der Waals surface area contributed by atoms with Crippen molar-refractivity contribution < 1.29 is 45.4 Å². The van der Waals surface area contributed by atoms with Gasteiger partial charge in [0.1, 0.15) is 11.5 Å². The number of nitrogens with zero attached hydrogens (tertiary/aromatic N) is 2. The Morgan fingerprint density at radius 3 is 2.08 bits per heavy atom. The van der Waals surface area contributed by atoms with Gasteiger partial charge in [-0.2, -0.15) is 13.8 Å². The smallest absolute Gasteiger partial charge is 0.416 e. The molecule has 0 saturated carbocycles. The molecule has 1 aromatic heterocycles. The van der Waals surface area contributed by atoms with Crippen LogP contribution in [0.25, 0.3) is 0 Å². The normalized spacial score (nSPS) is 22.4. The number of aromatic nitrogens is 2. The van der Waals surface area contributed by atoms with Crippen molar-refractivity contribution in [1.82, 2.24) is 9.55 Å². The summed E-state index contributed by atoms with van der Waals surface area (Å²) in [6.45, 7) is -2.24. The van der Waals surface area contributed by atoms with Crippen molar-refractivity contribution in [2.24, 2.45) is 0 Å². The summed E-state index contributed by atoms with van der Waals surface area (Å²) >= 11 is 5.39. The number of anilines is 1. The van der Waals surface area contributed by atoms with Crippen molar-refractivity contribution in [1.29, 1.82) is 0 Å². The number of hydrogen-bond donors (Lipinski definition) is 2. The van der Waals surface area contributed by atoms with Gasteiger partial charge in [-0.05, 0) is 38.1 Å². The van der Waals surface area contributed by atoms with Gasteiger partial charge in [-0.1, -0.05) is 35.4 Å². The van der Waals surface area contributed by atoms with Crippen LogP contribution in [0.15, 0.2) is 59.5 Å². The fourth-order valence-corrected chi connectivity index (χ4v) is 5.66.